The molecule has 178 valence electrons. The Morgan fingerprint density at radius 2 is 1.50 bits per heavy atom. The normalized spacial score (nSPS) is 33.8. The zero-order chi connectivity index (χ0) is 22.9. The van der Waals surface area contributed by atoms with Crippen molar-refractivity contribution in [2.24, 2.45) is 17.3 Å². The number of ether oxygens (including phenoxy) is 2. The van der Waals surface area contributed by atoms with Crippen LogP contribution in [0.4, 0.5) is 26.3 Å². The molecule has 1 aliphatic heterocycles. The first kappa shape index (κ1) is 23.2. The molecule has 0 amide bonds. The van der Waals surface area contributed by atoms with E-state index in [1.165, 1.54) is 12.1 Å². The zero-order valence-corrected chi connectivity index (χ0v) is 19.1. The molecule has 3 aliphatic carbocycles. The van der Waals surface area contributed by atoms with E-state index in [0.29, 0.717) is 25.6 Å². The van der Waals surface area contributed by atoms with E-state index in [4.69, 9.17) is 9.47 Å². The monoisotopic (exact) mass is 498 g/mol. The number of alkyl halides is 6. The van der Waals surface area contributed by atoms with Crippen LogP contribution in [0.25, 0.3) is 0 Å². The van der Waals surface area contributed by atoms with Crippen molar-refractivity contribution in [3.63, 3.8) is 0 Å². The van der Waals surface area contributed by atoms with Gasteiger partial charge in [-0.15, -0.1) is 0 Å². The first-order valence-electron chi connectivity index (χ1n) is 10.9. The van der Waals surface area contributed by atoms with Crippen LogP contribution >= 0.6 is 23.5 Å². The second-order valence-electron chi connectivity index (χ2n) is 9.45. The van der Waals surface area contributed by atoms with Crippen molar-refractivity contribution in [3.8, 4) is 0 Å². The van der Waals surface area contributed by atoms with Crippen LogP contribution in [-0.2, 0) is 15.9 Å². The Labute approximate surface area is 191 Å². The molecular formula is C22H24F6O2S2. The lowest BCUT2D eigenvalue weighted by atomic mass is 9.55. The molecular weight excluding hydrogens is 474 g/mol. The summed E-state index contributed by atoms with van der Waals surface area (Å²) in [6, 6.07) is 2.75. The summed E-state index contributed by atoms with van der Waals surface area (Å²) in [5.41, 5.74) is -7.87. The Kier molecular flexibility index (Phi) is 5.59. The fourth-order valence-electron chi connectivity index (χ4n) is 6.87. The molecule has 1 heterocycles. The highest BCUT2D eigenvalue weighted by Gasteiger charge is 2.65. The van der Waals surface area contributed by atoms with Crippen molar-refractivity contribution in [3.05, 3.63) is 23.3 Å². The van der Waals surface area contributed by atoms with Crippen LogP contribution in [0.5, 0.6) is 0 Å². The van der Waals surface area contributed by atoms with Gasteiger partial charge >= 0.3 is 11.0 Å². The fourth-order valence-corrected chi connectivity index (χ4v) is 8.33. The molecule has 3 fully saturated rings. The third-order valence-electron chi connectivity index (χ3n) is 8.04. The van der Waals surface area contributed by atoms with E-state index >= 15 is 0 Å². The van der Waals surface area contributed by atoms with Gasteiger partial charge in [0.25, 0.3) is 0 Å². The fraction of sp³-hybridized carbons (Fsp3) is 0.727. The highest BCUT2D eigenvalue weighted by molar-refractivity contribution is 8.03. The summed E-state index contributed by atoms with van der Waals surface area (Å²) in [6.45, 7) is 3.38. The second-order valence-corrected chi connectivity index (χ2v) is 11.7. The molecule has 1 aromatic carbocycles. The van der Waals surface area contributed by atoms with Gasteiger partial charge < -0.3 is 9.47 Å². The average Bonchev–Trinajstić information content (AvgIpc) is 3.26. The summed E-state index contributed by atoms with van der Waals surface area (Å²) in [6.07, 6.45) is 4.79. The molecule has 0 radical (unpaired) electrons. The van der Waals surface area contributed by atoms with Crippen LogP contribution in [0.2, 0.25) is 0 Å². The lowest BCUT2D eigenvalue weighted by molar-refractivity contribution is -0.237. The van der Waals surface area contributed by atoms with E-state index in [1.54, 1.807) is 0 Å². The van der Waals surface area contributed by atoms with Gasteiger partial charge in [0.05, 0.1) is 13.2 Å². The summed E-state index contributed by atoms with van der Waals surface area (Å²) in [7, 11) is 0. The summed E-state index contributed by atoms with van der Waals surface area (Å²) in [5.74, 6) is 0.104. The third-order valence-corrected chi connectivity index (χ3v) is 9.75. The highest BCUT2D eigenvalue weighted by atomic mass is 32.2. The number of hydrogen-bond acceptors (Lipinski definition) is 4. The maximum atomic E-state index is 13.2. The summed E-state index contributed by atoms with van der Waals surface area (Å²) in [4.78, 5) is -0.705. The molecule has 32 heavy (non-hydrogen) atoms. The predicted octanol–water partition coefficient (Wildman–Crippen LogP) is 7.51. The number of thioether (sulfide) groups is 2. The molecule has 1 aromatic rings. The largest absolute Gasteiger partial charge is 0.446 e. The van der Waals surface area contributed by atoms with Crippen molar-refractivity contribution in [2.45, 2.75) is 78.0 Å². The van der Waals surface area contributed by atoms with Crippen LogP contribution in [-0.4, -0.2) is 30.0 Å². The number of aryl methyl sites for hydroxylation is 1. The highest BCUT2D eigenvalue weighted by Crippen LogP contribution is 2.66. The van der Waals surface area contributed by atoms with Crippen molar-refractivity contribution >= 4 is 23.5 Å². The van der Waals surface area contributed by atoms with Gasteiger partial charge in [-0.2, -0.15) is 26.3 Å². The van der Waals surface area contributed by atoms with Crippen molar-refractivity contribution in [2.75, 3.05) is 13.2 Å². The van der Waals surface area contributed by atoms with Crippen LogP contribution < -0.4 is 0 Å². The third kappa shape index (κ3) is 3.86. The molecule has 1 saturated heterocycles. The Morgan fingerprint density at radius 3 is 2.12 bits per heavy atom. The Bertz CT molecular complexity index is 896. The van der Waals surface area contributed by atoms with Gasteiger partial charge in [-0.05, 0) is 96.6 Å². The Morgan fingerprint density at radius 1 is 0.875 bits per heavy atom. The molecule has 2 saturated carbocycles. The minimum absolute atomic E-state index is 0.0610. The lowest BCUT2D eigenvalue weighted by Gasteiger charge is -2.52. The van der Waals surface area contributed by atoms with Crippen molar-refractivity contribution in [1.29, 1.82) is 0 Å². The molecule has 2 nitrogen and oxygen atoms in total. The van der Waals surface area contributed by atoms with E-state index in [-0.39, 0.29) is 27.0 Å². The Hall–Kier alpha value is -0.580. The van der Waals surface area contributed by atoms with Crippen LogP contribution in [0, 0.1) is 17.3 Å². The molecule has 1 spiro atoms. The van der Waals surface area contributed by atoms with E-state index in [2.05, 4.69) is 6.92 Å². The molecule has 0 unspecified atom stereocenters. The number of hydrogen-bond donors (Lipinski definition) is 0. The Balaban J connectivity index is 1.49. The van der Waals surface area contributed by atoms with Gasteiger partial charge in [-0.25, -0.2) is 0 Å². The predicted molar refractivity (Wildman–Crippen MR) is 110 cm³/mol. The molecule has 0 N–H and O–H groups in total. The number of halogens is 6. The first-order chi connectivity index (χ1) is 14.9. The molecule has 10 heteroatoms. The maximum Gasteiger partial charge on any atom is 0.446 e. The van der Waals surface area contributed by atoms with Crippen LogP contribution in [0.15, 0.2) is 21.9 Å². The molecule has 0 bridgehead atoms. The van der Waals surface area contributed by atoms with Gasteiger partial charge in [0, 0.05) is 21.6 Å². The number of rotatable bonds is 2. The van der Waals surface area contributed by atoms with Gasteiger partial charge in [0.2, 0.25) is 0 Å². The molecule has 0 aromatic heterocycles. The van der Waals surface area contributed by atoms with E-state index < -0.39 is 40.3 Å². The number of fused-ring (bicyclic) bond motifs is 6. The lowest BCUT2D eigenvalue weighted by Crippen LogP contribution is -2.51. The van der Waals surface area contributed by atoms with Crippen molar-refractivity contribution in [1.82, 2.24) is 0 Å². The second kappa shape index (κ2) is 7.71. The topological polar surface area (TPSA) is 18.5 Å². The van der Waals surface area contributed by atoms with Crippen LogP contribution in [0.3, 0.4) is 0 Å². The quantitative estimate of drug-likeness (QED) is 0.310. The molecule has 5 rings (SSSR count). The smallest absolute Gasteiger partial charge is 0.347 e. The zero-order valence-electron chi connectivity index (χ0n) is 17.4. The van der Waals surface area contributed by atoms with E-state index in [1.807, 2.05) is 0 Å². The molecule has 4 atom stereocenters. The molecule has 4 aliphatic rings. The maximum absolute atomic E-state index is 13.2. The van der Waals surface area contributed by atoms with Gasteiger partial charge in [0.1, 0.15) is 0 Å². The van der Waals surface area contributed by atoms with Gasteiger partial charge in [-0.3, -0.25) is 0 Å². The van der Waals surface area contributed by atoms with Crippen LogP contribution in [0.1, 0.15) is 56.1 Å². The van der Waals surface area contributed by atoms with E-state index in [9.17, 15) is 26.3 Å². The summed E-state index contributed by atoms with van der Waals surface area (Å²) < 4.78 is 90.8. The summed E-state index contributed by atoms with van der Waals surface area (Å²) >= 11 is -0.903. The average molecular weight is 499 g/mol. The van der Waals surface area contributed by atoms with Crippen molar-refractivity contribution < 1.29 is 35.8 Å². The minimum atomic E-state index is -4.65. The first-order valence-corrected chi connectivity index (χ1v) is 12.5. The minimum Gasteiger partial charge on any atom is -0.347 e. The standard InChI is InChI=1S/C22H24F6O2S2/c1-19-6-4-13-14(16(19)5-7-20(19)29-8-9-30-20)3-2-12-10-17(31-21(23,24)25)18(11-15(12)13)32-22(26,27)28/h10-11,13-14,16H,2-9H2,1H3/t13-,14+,16-,19-/m0/s1. The van der Waals surface area contributed by atoms with Gasteiger partial charge in [0.15, 0.2) is 5.79 Å². The summed E-state index contributed by atoms with van der Waals surface area (Å²) in [5, 5.41) is 0. The SMILES string of the molecule is C[C@]12CC[C@@H]3c4cc(SC(F)(F)F)c(SC(F)(F)F)cc4CC[C@H]3[C@@H]1CCC21OCCO1. The van der Waals surface area contributed by atoms with Gasteiger partial charge in [-0.1, -0.05) is 6.92 Å². The van der Waals surface area contributed by atoms with E-state index in [0.717, 1.165) is 43.2 Å². The number of benzene rings is 1.